The number of carbonyl (C=O) groups excluding carboxylic acids is 3. The summed E-state index contributed by atoms with van der Waals surface area (Å²) in [6.45, 7) is 10.2. The Labute approximate surface area is 159 Å². The number of carbonyl (C=O) groups is 3. The van der Waals surface area contributed by atoms with E-state index in [0.717, 1.165) is 0 Å². The lowest BCUT2D eigenvalue weighted by molar-refractivity contribution is -0.156. The Morgan fingerprint density at radius 2 is 1.63 bits per heavy atom. The Balaban J connectivity index is 2.89. The van der Waals surface area contributed by atoms with Crippen molar-refractivity contribution in [2.24, 2.45) is 0 Å². The fourth-order valence-electron chi connectivity index (χ4n) is 2.05. The molecule has 8 nitrogen and oxygen atoms in total. The van der Waals surface area contributed by atoms with Gasteiger partial charge in [0.2, 0.25) is 5.91 Å². The fourth-order valence-corrected chi connectivity index (χ4v) is 2.05. The monoisotopic (exact) mass is 379 g/mol. The zero-order valence-electron chi connectivity index (χ0n) is 16.7. The van der Waals surface area contributed by atoms with Crippen molar-refractivity contribution in [2.75, 3.05) is 11.1 Å². The number of hydrogen-bond acceptors (Lipinski definition) is 6. The van der Waals surface area contributed by atoms with Crippen molar-refractivity contribution < 1.29 is 23.9 Å². The largest absolute Gasteiger partial charge is 0.460 e. The van der Waals surface area contributed by atoms with Crippen LogP contribution in [0.5, 0.6) is 0 Å². The van der Waals surface area contributed by atoms with Gasteiger partial charge < -0.3 is 25.8 Å². The number of anilines is 2. The number of nitrogens with two attached hydrogens (primary N) is 1. The average Bonchev–Trinajstić information content (AvgIpc) is 2.42. The highest BCUT2D eigenvalue weighted by Gasteiger charge is 2.29. The predicted molar refractivity (Wildman–Crippen MR) is 103 cm³/mol. The van der Waals surface area contributed by atoms with Gasteiger partial charge in [-0.15, -0.1) is 0 Å². The molecule has 150 valence electrons. The SMILES string of the molecule is CC(C)(C)OC(=O)CC(NC(=O)OC(C)(C)C)C(=O)Nc1cccc(N)c1. The molecule has 27 heavy (non-hydrogen) atoms. The highest BCUT2D eigenvalue weighted by molar-refractivity contribution is 5.98. The first kappa shape index (κ1) is 22.3. The van der Waals surface area contributed by atoms with Crippen molar-refractivity contribution in [3.63, 3.8) is 0 Å². The van der Waals surface area contributed by atoms with Gasteiger partial charge in [0.15, 0.2) is 0 Å². The van der Waals surface area contributed by atoms with E-state index in [-0.39, 0.29) is 6.42 Å². The summed E-state index contributed by atoms with van der Waals surface area (Å²) in [4.78, 5) is 36.8. The third kappa shape index (κ3) is 9.48. The molecule has 0 aromatic heterocycles. The molecule has 1 atom stereocenters. The number of alkyl carbamates (subject to hydrolysis) is 1. The van der Waals surface area contributed by atoms with E-state index in [9.17, 15) is 14.4 Å². The van der Waals surface area contributed by atoms with E-state index < -0.39 is 35.2 Å². The number of amides is 2. The molecule has 1 aromatic carbocycles. The van der Waals surface area contributed by atoms with Gasteiger partial charge in [0.05, 0.1) is 6.42 Å². The highest BCUT2D eigenvalue weighted by Crippen LogP contribution is 2.14. The number of benzene rings is 1. The lowest BCUT2D eigenvalue weighted by Crippen LogP contribution is -2.47. The minimum absolute atomic E-state index is 0.343. The highest BCUT2D eigenvalue weighted by atomic mass is 16.6. The molecule has 0 aliphatic rings. The summed E-state index contributed by atoms with van der Waals surface area (Å²) in [6, 6.07) is 5.39. The van der Waals surface area contributed by atoms with Crippen LogP contribution in [0.2, 0.25) is 0 Å². The van der Waals surface area contributed by atoms with Crippen LogP contribution in [0.25, 0.3) is 0 Å². The van der Waals surface area contributed by atoms with Gasteiger partial charge in [-0.2, -0.15) is 0 Å². The Morgan fingerprint density at radius 3 is 2.15 bits per heavy atom. The second-order valence-electron chi connectivity index (χ2n) is 8.10. The molecule has 0 aliphatic carbocycles. The first-order valence-electron chi connectivity index (χ1n) is 8.63. The van der Waals surface area contributed by atoms with Crippen LogP contribution in [0.15, 0.2) is 24.3 Å². The average molecular weight is 379 g/mol. The second-order valence-corrected chi connectivity index (χ2v) is 8.10. The van der Waals surface area contributed by atoms with E-state index >= 15 is 0 Å². The topological polar surface area (TPSA) is 120 Å². The van der Waals surface area contributed by atoms with Crippen molar-refractivity contribution in [3.05, 3.63) is 24.3 Å². The number of rotatable bonds is 5. The summed E-state index contributed by atoms with van der Waals surface area (Å²) in [5.41, 5.74) is 5.15. The Kier molecular flexibility index (Phi) is 7.21. The maximum atomic E-state index is 12.6. The van der Waals surface area contributed by atoms with E-state index in [1.165, 1.54) is 0 Å². The lowest BCUT2D eigenvalue weighted by Gasteiger charge is -2.24. The molecule has 0 saturated carbocycles. The zero-order valence-corrected chi connectivity index (χ0v) is 16.7. The summed E-state index contributed by atoms with van der Waals surface area (Å²) in [7, 11) is 0. The molecule has 0 aliphatic heterocycles. The number of nitrogens with one attached hydrogen (secondary N) is 2. The summed E-state index contributed by atoms with van der Waals surface area (Å²) < 4.78 is 10.4. The van der Waals surface area contributed by atoms with Crippen LogP contribution in [-0.2, 0) is 19.1 Å². The minimum Gasteiger partial charge on any atom is -0.460 e. The van der Waals surface area contributed by atoms with E-state index in [0.29, 0.717) is 11.4 Å². The third-order valence-corrected chi connectivity index (χ3v) is 2.95. The normalized spacial score (nSPS) is 12.7. The van der Waals surface area contributed by atoms with Crippen molar-refractivity contribution in [1.29, 1.82) is 0 Å². The molecule has 8 heteroatoms. The Bertz CT molecular complexity index is 659. The van der Waals surface area contributed by atoms with Crippen molar-refractivity contribution >= 4 is 29.3 Å². The first-order valence-corrected chi connectivity index (χ1v) is 8.63. The van der Waals surface area contributed by atoms with Gasteiger partial charge in [0.25, 0.3) is 0 Å². The summed E-state index contributed by atoms with van der Waals surface area (Å²) in [5, 5.41) is 5.04. The molecule has 2 amide bonds. The summed E-state index contributed by atoms with van der Waals surface area (Å²) in [6.07, 6.45) is -1.15. The quantitative estimate of drug-likeness (QED) is 0.534. The summed E-state index contributed by atoms with van der Waals surface area (Å²) >= 11 is 0. The molecular weight excluding hydrogens is 350 g/mol. The number of ether oxygens (including phenoxy) is 2. The third-order valence-electron chi connectivity index (χ3n) is 2.95. The zero-order chi connectivity index (χ0) is 20.8. The molecule has 0 spiro atoms. The molecule has 1 unspecified atom stereocenters. The molecule has 0 saturated heterocycles. The number of esters is 1. The maximum Gasteiger partial charge on any atom is 0.408 e. The second kappa shape index (κ2) is 8.75. The van der Waals surface area contributed by atoms with Crippen LogP contribution in [0.1, 0.15) is 48.0 Å². The van der Waals surface area contributed by atoms with Gasteiger partial charge in [-0.1, -0.05) is 6.07 Å². The molecule has 1 aromatic rings. The van der Waals surface area contributed by atoms with Crippen LogP contribution in [0.3, 0.4) is 0 Å². The molecule has 0 fully saturated rings. The van der Waals surface area contributed by atoms with Crippen LogP contribution in [-0.4, -0.2) is 35.2 Å². The van der Waals surface area contributed by atoms with Gasteiger partial charge in [-0.25, -0.2) is 4.79 Å². The van der Waals surface area contributed by atoms with E-state index in [1.54, 1.807) is 65.8 Å². The smallest absolute Gasteiger partial charge is 0.408 e. The Morgan fingerprint density at radius 1 is 1.04 bits per heavy atom. The summed E-state index contributed by atoms with van der Waals surface area (Å²) in [5.74, 6) is -1.20. The van der Waals surface area contributed by atoms with Gasteiger partial charge in [-0.3, -0.25) is 9.59 Å². The Hall–Kier alpha value is -2.77. The molecule has 1 rings (SSSR count). The van der Waals surface area contributed by atoms with Gasteiger partial charge in [0.1, 0.15) is 17.2 Å². The van der Waals surface area contributed by atoms with Gasteiger partial charge in [-0.05, 0) is 59.7 Å². The lowest BCUT2D eigenvalue weighted by atomic mass is 10.1. The van der Waals surface area contributed by atoms with Crippen LogP contribution >= 0.6 is 0 Å². The maximum absolute atomic E-state index is 12.6. The van der Waals surface area contributed by atoms with Gasteiger partial charge >= 0.3 is 12.1 Å². The van der Waals surface area contributed by atoms with Crippen molar-refractivity contribution in [2.45, 2.75) is 65.2 Å². The fraction of sp³-hybridized carbons (Fsp3) is 0.526. The van der Waals surface area contributed by atoms with Crippen molar-refractivity contribution in [1.82, 2.24) is 5.32 Å². The number of nitrogen functional groups attached to an aromatic ring is 1. The first-order chi connectivity index (χ1) is 12.2. The molecule has 0 heterocycles. The van der Waals surface area contributed by atoms with E-state index in [4.69, 9.17) is 15.2 Å². The van der Waals surface area contributed by atoms with Crippen LogP contribution in [0.4, 0.5) is 16.2 Å². The minimum atomic E-state index is -1.17. The van der Waals surface area contributed by atoms with Crippen LogP contribution in [0, 0.1) is 0 Å². The molecule has 0 radical (unpaired) electrons. The van der Waals surface area contributed by atoms with Gasteiger partial charge in [0, 0.05) is 11.4 Å². The molecular formula is C19H29N3O5. The number of hydrogen-bond donors (Lipinski definition) is 3. The standard InChI is InChI=1S/C19H29N3O5/c1-18(2,3)26-15(23)11-14(22-17(25)27-19(4,5)6)16(24)21-13-9-7-8-12(20)10-13/h7-10,14H,11,20H2,1-6H3,(H,21,24)(H,22,25). The van der Waals surface area contributed by atoms with Crippen molar-refractivity contribution in [3.8, 4) is 0 Å². The van der Waals surface area contributed by atoms with E-state index in [2.05, 4.69) is 10.6 Å². The molecule has 4 N–H and O–H groups in total. The predicted octanol–water partition coefficient (Wildman–Crippen LogP) is 2.83. The van der Waals surface area contributed by atoms with Crippen LogP contribution < -0.4 is 16.4 Å². The van der Waals surface area contributed by atoms with E-state index in [1.807, 2.05) is 0 Å². The molecule has 0 bridgehead atoms.